The molecular formula is C25H21F4N5O2. The molecule has 0 atom stereocenters. The maximum Gasteiger partial charge on any atom is 0.417 e. The van der Waals surface area contributed by atoms with E-state index in [1.807, 2.05) is 22.9 Å². The maximum atomic E-state index is 14.8. The summed E-state index contributed by atoms with van der Waals surface area (Å²) in [6.45, 7) is 4.31. The molecule has 0 unspecified atom stereocenters. The van der Waals surface area contributed by atoms with Crippen LogP contribution in [0, 0.1) is 12.7 Å². The molecule has 4 aromatic rings. The van der Waals surface area contributed by atoms with Crippen molar-refractivity contribution in [1.29, 1.82) is 0 Å². The lowest BCUT2D eigenvalue weighted by Crippen LogP contribution is -2.36. The van der Waals surface area contributed by atoms with Gasteiger partial charge in [0, 0.05) is 49.6 Å². The highest BCUT2D eigenvalue weighted by atomic mass is 19.4. The first kappa shape index (κ1) is 23.7. The van der Waals surface area contributed by atoms with Crippen LogP contribution in [0.15, 0.2) is 55.2 Å². The number of imidazole rings is 1. The van der Waals surface area contributed by atoms with Crippen LogP contribution in [0.5, 0.6) is 0 Å². The van der Waals surface area contributed by atoms with Gasteiger partial charge in [0.2, 0.25) is 0 Å². The first-order valence-electron chi connectivity index (χ1n) is 11.1. The number of morpholine rings is 1. The van der Waals surface area contributed by atoms with Crippen molar-refractivity contribution >= 4 is 22.9 Å². The molecular weight excluding hydrogens is 478 g/mol. The lowest BCUT2D eigenvalue weighted by atomic mass is 10.00. The highest BCUT2D eigenvalue weighted by Gasteiger charge is 2.31. The van der Waals surface area contributed by atoms with Crippen LogP contribution in [0.25, 0.3) is 16.8 Å². The SMILES string of the molecule is Cc1cc(F)c(NC(=O)c2cncc(C(F)(F)F)c2)cc1-c1cc(N2CCOCC2)c2nccn2c1. The van der Waals surface area contributed by atoms with Crippen molar-refractivity contribution in [2.75, 3.05) is 36.5 Å². The average Bonchev–Trinajstić information content (AvgIpc) is 3.34. The Morgan fingerprint density at radius 3 is 2.64 bits per heavy atom. The van der Waals surface area contributed by atoms with Gasteiger partial charge in [-0.25, -0.2) is 9.37 Å². The number of benzene rings is 1. The number of pyridine rings is 2. The predicted molar refractivity (Wildman–Crippen MR) is 126 cm³/mol. The standard InChI is InChI=1S/C25H21F4N5O2/c1-15-8-20(26)21(32-24(35)16-9-18(13-30-12-16)25(27,28)29)11-19(15)17-10-22(33-4-6-36-7-5-33)23-31-2-3-34(23)14-17/h2-3,8-14H,4-7H2,1H3,(H,32,35). The number of carbonyl (C=O) groups excluding carboxylic acids is 1. The molecule has 1 N–H and O–H groups in total. The van der Waals surface area contributed by atoms with Crippen LogP contribution < -0.4 is 10.2 Å². The molecule has 7 nitrogen and oxygen atoms in total. The number of hydrogen-bond donors (Lipinski definition) is 1. The van der Waals surface area contributed by atoms with Gasteiger partial charge >= 0.3 is 6.18 Å². The molecule has 11 heteroatoms. The first-order chi connectivity index (χ1) is 17.2. The monoisotopic (exact) mass is 499 g/mol. The lowest BCUT2D eigenvalue weighted by molar-refractivity contribution is -0.137. The van der Waals surface area contributed by atoms with E-state index in [0.29, 0.717) is 49.7 Å². The number of halogens is 4. The van der Waals surface area contributed by atoms with Gasteiger partial charge in [-0.2, -0.15) is 13.2 Å². The second kappa shape index (κ2) is 9.23. The zero-order chi connectivity index (χ0) is 25.4. The Morgan fingerprint density at radius 1 is 1.11 bits per heavy atom. The molecule has 36 heavy (non-hydrogen) atoms. The third-order valence-electron chi connectivity index (χ3n) is 6.02. The van der Waals surface area contributed by atoms with Gasteiger partial charge in [-0.05, 0) is 42.3 Å². The average molecular weight is 499 g/mol. The van der Waals surface area contributed by atoms with Gasteiger partial charge in [-0.3, -0.25) is 9.78 Å². The maximum absolute atomic E-state index is 14.8. The van der Waals surface area contributed by atoms with Crippen molar-refractivity contribution in [3.05, 3.63) is 77.8 Å². The zero-order valence-electron chi connectivity index (χ0n) is 19.1. The smallest absolute Gasteiger partial charge is 0.378 e. The molecule has 1 aliphatic rings. The molecule has 5 rings (SSSR count). The summed E-state index contributed by atoms with van der Waals surface area (Å²) in [6.07, 6.45) is 2.32. The van der Waals surface area contributed by atoms with E-state index in [4.69, 9.17) is 4.74 Å². The summed E-state index contributed by atoms with van der Waals surface area (Å²) >= 11 is 0. The molecule has 0 bridgehead atoms. The van der Waals surface area contributed by atoms with Gasteiger partial charge in [0.25, 0.3) is 5.91 Å². The zero-order valence-corrected chi connectivity index (χ0v) is 19.1. The Hall–Kier alpha value is -3.99. The molecule has 1 fully saturated rings. The third kappa shape index (κ3) is 4.61. The summed E-state index contributed by atoms with van der Waals surface area (Å²) in [4.78, 5) is 22.8. The van der Waals surface area contributed by atoms with Crippen LogP contribution in [0.3, 0.4) is 0 Å². The van der Waals surface area contributed by atoms with E-state index in [-0.39, 0.29) is 11.3 Å². The van der Waals surface area contributed by atoms with Gasteiger partial charge < -0.3 is 19.4 Å². The number of anilines is 2. The molecule has 1 saturated heterocycles. The van der Waals surface area contributed by atoms with E-state index >= 15 is 0 Å². The molecule has 1 aromatic carbocycles. The first-order valence-corrected chi connectivity index (χ1v) is 11.1. The van der Waals surface area contributed by atoms with E-state index in [1.165, 1.54) is 12.1 Å². The van der Waals surface area contributed by atoms with E-state index < -0.39 is 23.5 Å². The van der Waals surface area contributed by atoms with E-state index in [1.54, 1.807) is 13.1 Å². The summed E-state index contributed by atoms with van der Waals surface area (Å²) in [5.74, 6) is -1.61. The predicted octanol–water partition coefficient (Wildman–Crippen LogP) is 4.95. The van der Waals surface area contributed by atoms with Gasteiger partial charge in [0.05, 0.1) is 35.7 Å². The number of nitrogens with one attached hydrogen (secondary N) is 1. The number of hydrogen-bond acceptors (Lipinski definition) is 5. The molecule has 1 aliphatic heterocycles. The Bertz CT molecular complexity index is 1440. The summed E-state index contributed by atoms with van der Waals surface area (Å²) < 4.78 is 61.2. The van der Waals surface area contributed by atoms with Gasteiger partial charge in [0.15, 0.2) is 5.65 Å². The minimum Gasteiger partial charge on any atom is -0.378 e. The summed E-state index contributed by atoms with van der Waals surface area (Å²) in [6, 6.07) is 5.39. The lowest BCUT2D eigenvalue weighted by Gasteiger charge is -2.29. The normalized spacial score (nSPS) is 14.3. The van der Waals surface area contributed by atoms with Crippen molar-refractivity contribution in [2.24, 2.45) is 0 Å². The molecule has 0 spiro atoms. The molecule has 1 amide bonds. The quantitative estimate of drug-likeness (QED) is 0.403. The summed E-state index contributed by atoms with van der Waals surface area (Å²) in [5, 5.41) is 2.39. The summed E-state index contributed by atoms with van der Waals surface area (Å²) in [5.41, 5.74) is 2.14. The number of aryl methyl sites for hydroxylation is 1. The number of rotatable bonds is 4. The number of ether oxygens (including phenoxy) is 1. The van der Waals surface area contributed by atoms with E-state index in [0.717, 1.165) is 23.1 Å². The molecule has 0 aliphatic carbocycles. The number of nitrogens with zero attached hydrogens (tertiary/aromatic N) is 4. The number of amides is 1. The number of carbonyl (C=O) groups is 1. The number of alkyl halides is 3. The fourth-order valence-corrected chi connectivity index (χ4v) is 4.19. The number of aromatic nitrogens is 3. The topological polar surface area (TPSA) is 71.8 Å². The minimum absolute atomic E-state index is 0.156. The van der Waals surface area contributed by atoms with Crippen molar-refractivity contribution in [3.8, 4) is 11.1 Å². The van der Waals surface area contributed by atoms with Gasteiger partial charge in [0.1, 0.15) is 5.82 Å². The fraction of sp³-hybridized carbons (Fsp3) is 0.240. The van der Waals surface area contributed by atoms with Crippen LogP contribution in [0.4, 0.5) is 28.9 Å². The van der Waals surface area contributed by atoms with Crippen LogP contribution in [0.1, 0.15) is 21.5 Å². The minimum atomic E-state index is -4.66. The van der Waals surface area contributed by atoms with E-state index in [2.05, 4.69) is 20.2 Å². The van der Waals surface area contributed by atoms with Gasteiger partial charge in [-0.15, -0.1) is 0 Å². The highest BCUT2D eigenvalue weighted by molar-refractivity contribution is 6.04. The Labute approximate surface area is 203 Å². The van der Waals surface area contributed by atoms with Crippen molar-refractivity contribution < 1.29 is 27.1 Å². The Morgan fingerprint density at radius 2 is 1.89 bits per heavy atom. The van der Waals surface area contributed by atoms with Crippen molar-refractivity contribution in [3.63, 3.8) is 0 Å². The van der Waals surface area contributed by atoms with Crippen molar-refractivity contribution in [1.82, 2.24) is 14.4 Å². The third-order valence-corrected chi connectivity index (χ3v) is 6.02. The molecule has 4 heterocycles. The molecule has 186 valence electrons. The van der Waals surface area contributed by atoms with Gasteiger partial charge in [-0.1, -0.05) is 0 Å². The summed E-state index contributed by atoms with van der Waals surface area (Å²) in [7, 11) is 0. The molecule has 0 saturated carbocycles. The van der Waals surface area contributed by atoms with Crippen LogP contribution in [-0.4, -0.2) is 46.6 Å². The van der Waals surface area contributed by atoms with E-state index in [9.17, 15) is 22.4 Å². The highest BCUT2D eigenvalue weighted by Crippen LogP contribution is 2.34. The van der Waals surface area contributed by atoms with Crippen molar-refractivity contribution in [2.45, 2.75) is 13.1 Å². The molecule has 3 aromatic heterocycles. The fourth-order valence-electron chi connectivity index (χ4n) is 4.19. The van der Waals surface area contributed by atoms with Crippen LogP contribution in [0.2, 0.25) is 0 Å². The Balaban J connectivity index is 1.51. The number of fused-ring (bicyclic) bond motifs is 1. The van der Waals surface area contributed by atoms with Crippen LogP contribution in [-0.2, 0) is 10.9 Å². The Kier molecular flexibility index (Phi) is 6.09. The second-order valence-electron chi connectivity index (χ2n) is 8.43. The second-order valence-corrected chi connectivity index (χ2v) is 8.43. The molecule has 0 radical (unpaired) electrons. The van der Waals surface area contributed by atoms with Crippen LogP contribution >= 0.6 is 0 Å². The largest absolute Gasteiger partial charge is 0.417 e.